The SMILES string of the molecule is CCNC(=O)CCNC(C)Cc1ccc(Cl)cc1. The molecule has 4 heteroatoms. The van der Waals surface area contributed by atoms with E-state index in [1.807, 2.05) is 31.2 Å². The van der Waals surface area contributed by atoms with Crippen LogP contribution in [0.2, 0.25) is 5.02 Å². The first-order valence-corrected chi connectivity index (χ1v) is 6.74. The first-order valence-electron chi connectivity index (χ1n) is 6.36. The Balaban J connectivity index is 2.23. The van der Waals surface area contributed by atoms with Gasteiger partial charge in [0.05, 0.1) is 0 Å². The topological polar surface area (TPSA) is 41.1 Å². The summed E-state index contributed by atoms with van der Waals surface area (Å²) in [5.74, 6) is 0.101. The predicted octanol–water partition coefficient (Wildman–Crippen LogP) is 2.39. The van der Waals surface area contributed by atoms with Gasteiger partial charge in [0.25, 0.3) is 0 Å². The summed E-state index contributed by atoms with van der Waals surface area (Å²) in [5.41, 5.74) is 1.25. The van der Waals surface area contributed by atoms with Gasteiger partial charge in [-0.1, -0.05) is 23.7 Å². The van der Waals surface area contributed by atoms with E-state index in [4.69, 9.17) is 11.6 Å². The average molecular weight is 269 g/mol. The maximum atomic E-state index is 11.3. The van der Waals surface area contributed by atoms with Gasteiger partial charge in [0, 0.05) is 30.6 Å². The Kier molecular flexibility index (Phi) is 6.76. The van der Waals surface area contributed by atoms with Crippen LogP contribution in [0.3, 0.4) is 0 Å². The van der Waals surface area contributed by atoms with E-state index in [-0.39, 0.29) is 5.91 Å². The summed E-state index contributed by atoms with van der Waals surface area (Å²) in [4.78, 5) is 11.3. The van der Waals surface area contributed by atoms with Crippen molar-refractivity contribution in [1.29, 1.82) is 0 Å². The van der Waals surface area contributed by atoms with Crippen LogP contribution in [0.4, 0.5) is 0 Å². The molecular weight excluding hydrogens is 248 g/mol. The van der Waals surface area contributed by atoms with Crippen molar-refractivity contribution in [1.82, 2.24) is 10.6 Å². The maximum Gasteiger partial charge on any atom is 0.221 e. The lowest BCUT2D eigenvalue weighted by Gasteiger charge is -2.13. The van der Waals surface area contributed by atoms with Crippen molar-refractivity contribution in [3.8, 4) is 0 Å². The van der Waals surface area contributed by atoms with Crippen LogP contribution < -0.4 is 10.6 Å². The molecule has 0 radical (unpaired) electrons. The third-order valence-electron chi connectivity index (χ3n) is 2.67. The third kappa shape index (κ3) is 6.03. The van der Waals surface area contributed by atoms with E-state index >= 15 is 0 Å². The largest absolute Gasteiger partial charge is 0.356 e. The van der Waals surface area contributed by atoms with Crippen LogP contribution in [0, 0.1) is 0 Å². The van der Waals surface area contributed by atoms with Crippen LogP contribution >= 0.6 is 11.6 Å². The number of hydrogen-bond donors (Lipinski definition) is 2. The second-order valence-corrected chi connectivity index (χ2v) is 4.83. The molecule has 1 unspecified atom stereocenters. The molecule has 1 amide bonds. The fraction of sp³-hybridized carbons (Fsp3) is 0.500. The Hall–Kier alpha value is -1.06. The van der Waals surface area contributed by atoms with Gasteiger partial charge in [0.2, 0.25) is 5.91 Å². The van der Waals surface area contributed by atoms with Gasteiger partial charge in [-0.2, -0.15) is 0 Å². The van der Waals surface area contributed by atoms with Crippen molar-refractivity contribution >= 4 is 17.5 Å². The molecular formula is C14H21ClN2O. The molecule has 1 rings (SSSR count). The fourth-order valence-electron chi connectivity index (χ4n) is 1.76. The zero-order valence-corrected chi connectivity index (χ0v) is 11.8. The molecule has 1 atom stereocenters. The molecule has 18 heavy (non-hydrogen) atoms. The summed E-state index contributed by atoms with van der Waals surface area (Å²) in [6.45, 7) is 5.45. The number of hydrogen-bond acceptors (Lipinski definition) is 2. The molecule has 1 aromatic carbocycles. The second-order valence-electron chi connectivity index (χ2n) is 4.39. The minimum atomic E-state index is 0.101. The Bertz CT molecular complexity index is 365. The van der Waals surface area contributed by atoms with Crippen molar-refractivity contribution < 1.29 is 4.79 Å². The molecule has 1 aromatic rings. The Morgan fingerprint density at radius 3 is 2.61 bits per heavy atom. The van der Waals surface area contributed by atoms with Crippen LogP contribution in [-0.4, -0.2) is 25.0 Å². The third-order valence-corrected chi connectivity index (χ3v) is 2.93. The molecule has 0 bridgehead atoms. The van der Waals surface area contributed by atoms with Crippen molar-refractivity contribution in [3.05, 3.63) is 34.9 Å². The van der Waals surface area contributed by atoms with E-state index in [1.54, 1.807) is 0 Å². The van der Waals surface area contributed by atoms with Gasteiger partial charge < -0.3 is 10.6 Å². The van der Waals surface area contributed by atoms with Crippen molar-refractivity contribution in [2.24, 2.45) is 0 Å². The highest BCUT2D eigenvalue weighted by Gasteiger charge is 2.04. The van der Waals surface area contributed by atoms with E-state index in [9.17, 15) is 4.79 Å². The lowest BCUT2D eigenvalue weighted by molar-refractivity contribution is -0.120. The first kappa shape index (κ1) is 15.0. The summed E-state index contributed by atoms with van der Waals surface area (Å²) < 4.78 is 0. The predicted molar refractivity (Wildman–Crippen MR) is 75.9 cm³/mol. The molecule has 0 aliphatic carbocycles. The van der Waals surface area contributed by atoms with Gasteiger partial charge in [0.15, 0.2) is 0 Å². The van der Waals surface area contributed by atoms with E-state index in [2.05, 4.69) is 17.6 Å². The molecule has 0 heterocycles. The summed E-state index contributed by atoms with van der Waals surface area (Å²) in [6.07, 6.45) is 1.46. The molecule has 3 nitrogen and oxygen atoms in total. The van der Waals surface area contributed by atoms with Crippen LogP contribution in [-0.2, 0) is 11.2 Å². The van der Waals surface area contributed by atoms with Crippen molar-refractivity contribution in [2.75, 3.05) is 13.1 Å². The highest BCUT2D eigenvalue weighted by molar-refractivity contribution is 6.30. The molecule has 0 fully saturated rings. The minimum Gasteiger partial charge on any atom is -0.356 e. The normalized spacial score (nSPS) is 12.2. The smallest absolute Gasteiger partial charge is 0.221 e. The minimum absolute atomic E-state index is 0.101. The van der Waals surface area contributed by atoms with Crippen LogP contribution in [0.5, 0.6) is 0 Å². The molecule has 0 aromatic heterocycles. The molecule has 0 aliphatic heterocycles. The number of benzene rings is 1. The van der Waals surface area contributed by atoms with Gasteiger partial charge in [-0.15, -0.1) is 0 Å². The highest BCUT2D eigenvalue weighted by atomic mass is 35.5. The van der Waals surface area contributed by atoms with Crippen molar-refractivity contribution in [2.45, 2.75) is 32.7 Å². The number of rotatable bonds is 7. The Labute approximate surface area is 114 Å². The molecule has 2 N–H and O–H groups in total. The molecule has 0 saturated heterocycles. The monoisotopic (exact) mass is 268 g/mol. The molecule has 100 valence electrons. The second kappa shape index (κ2) is 8.11. The summed E-state index contributed by atoms with van der Waals surface area (Å²) in [7, 11) is 0. The molecule has 0 spiro atoms. The quantitative estimate of drug-likeness (QED) is 0.797. The summed E-state index contributed by atoms with van der Waals surface area (Å²) >= 11 is 5.84. The van der Waals surface area contributed by atoms with Gasteiger partial charge in [-0.05, 0) is 38.0 Å². The van der Waals surface area contributed by atoms with Gasteiger partial charge in [-0.25, -0.2) is 0 Å². The summed E-state index contributed by atoms with van der Waals surface area (Å²) in [5, 5.41) is 6.88. The Morgan fingerprint density at radius 2 is 2.00 bits per heavy atom. The van der Waals surface area contributed by atoms with Crippen LogP contribution in [0.25, 0.3) is 0 Å². The van der Waals surface area contributed by atoms with Gasteiger partial charge in [0.1, 0.15) is 0 Å². The highest BCUT2D eigenvalue weighted by Crippen LogP contribution is 2.10. The number of carbonyl (C=O) groups excluding carboxylic acids is 1. The van der Waals surface area contributed by atoms with Gasteiger partial charge >= 0.3 is 0 Å². The van der Waals surface area contributed by atoms with E-state index in [0.717, 1.165) is 11.4 Å². The van der Waals surface area contributed by atoms with E-state index in [1.165, 1.54) is 5.56 Å². The van der Waals surface area contributed by atoms with Gasteiger partial charge in [-0.3, -0.25) is 4.79 Å². The first-order chi connectivity index (χ1) is 8.61. The number of nitrogens with one attached hydrogen (secondary N) is 2. The lowest BCUT2D eigenvalue weighted by atomic mass is 10.1. The number of amides is 1. The maximum absolute atomic E-state index is 11.3. The van der Waals surface area contributed by atoms with E-state index in [0.29, 0.717) is 25.6 Å². The van der Waals surface area contributed by atoms with E-state index < -0.39 is 0 Å². The van der Waals surface area contributed by atoms with Crippen molar-refractivity contribution in [3.63, 3.8) is 0 Å². The average Bonchev–Trinajstić information content (AvgIpc) is 2.32. The number of halogens is 1. The zero-order valence-electron chi connectivity index (χ0n) is 11.0. The van der Waals surface area contributed by atoms with Crippen LogP contribution in [0.1, 0.15) is 25.8 Å². The molecule has 0 saturated carbocycles. The zero-order chi connectivity index (χ0) is 13.4. The lowest BCUT2D eigenvalue weighted by Crippen LogP contribution is -2.33. The summed E-state index contributed by atoms with van der Waals surface area (Å²) in [6, 6.07) is 8.21. The standard InChI is InChI=1S/C14H21ClN2O/c1-3-16-14(18)8-9-17-11(2)10-12-4-6-13(15)7-5-12/h4-7,11,17H,3,8-10H2,1-2H3,(H,16,18). The fourth-order valence-corrected chi connectivity index (χ4v) is 1.89. The number of carbonyl (C=O) groups is 1. The molecule has 0 aliphatic rings. The van der Waals surface area contributed by atoms with Crippen LogP contribution in [0.15, 0.2) is 24.3 Å². The Morgan fingerprint density at radius 1 is 1.33 bits per heavy atom.